The number of carbonyl (C=O) groups excluding carboxylic acids is 1. The summed E-state index contributed by atoms with van der Waals surface area (Å²) < 4.78 is 19.1. The minimum absolute atomic E-state index is 0.0535. The van der Waals surface area contributed by atoms with Gasteiger partial charge in [-0.2, -0.15) is 0 Å². The van der Waals surface area contributed by atoms with E-state index in [0.717, 1.165) is 10.8 Å². The van der Waals surface area contributed by atoms with Gasteiger partial charge in [0.1, 0.15) is 11.6 Å². The maximum absolute atomic E-state index is 13.5. The van der Waals surface area contributed by atoms with Crippen molar-refractivity contribution in [3.05, 3.63) is 78.1 Å². The summed E-state index contributed by atoms with van der Waals surface area (Å²) in [4.78, 5) is 12.0. The minimum atomic E-state index is -0.524. The molecule has 0 saturated heterocycles. The van der Waals surface area contributed by atoms with E-state index >= 15 is 0 Å². The van der Waals surface area contributed by atoms with Crippen LogP contribution in [0.25, 0.3) is 10.8 Å². The number of ketones is 1. The van der Waals surface area contributed by atoms with Crippen LogP contribution in [-0.2, 0) is 0 Å². The third kappa shape index (κ3) is 2.77. The average Bonchev–Trinajstić information content (AvgIpc) is 2.53. The van der Waals surface area contributed by atoms with Crippen LogP contribution in [0.3, 0.4) is 0 Å². The normalized spacial score (nSPS) is 10.5. The van der Waals surface area contributed by atoms with Crippen molar-refractivity contribution in [1.82, 2.24) is 0 Å². The summed E-state index contributed by atoms with van der Waals surface area (Å²) in [5, 5.41) is 1.97. The van der Waals surface area contributed by atoms with Gasteiger partial charge in [0.15, 0.2) is 6.61 Å². The number of hydrogen-bond donors (Lipinski definition) is 0. The fraction of sp³-hybridized carbons (Fsp3) is 0.0556. The lowest BCUT2D eigenvalue weighted by molar-refractivity contribution is 0.0918. The molecule has 0 amide bonds. The fourth-order valence-electron chi connectivity index (χ4n) is 2.23. The first kappa shape index (κ1) is 13.3. The summed E-state index contributed by atoms with van der Waals surface area (Å²) in [5.41, 5.74) is 0.0535. The molecular formula is C18H13FO2. The van der Waals surface area contributed by atoms with E-state index in [9.17, 15) is 9.18 Å². The average molecular weight is 280 g/mol. The number of hydrogen-bond acceptors (Lipinski definition) is 2. The number of benzene rings is 3. The first-order chi connectivity index (χ1) is 10.3. The molecule has 0 N–H and O–H groups in total. The molecule has 0 aliphatic carbocycles. The summed E-state index contributed by atoms with van der Waals surface area (Å²) in [6.07, 6.45) is 0. The van der Waals surface area contributed by atoms with E-state index in [2.05, 4.69) is 0 Å². The Hall–Kier alpha value is -2.68. The molecular weight excluding hydrogens is 267 g/mol. The second kappa shape index (κ2) is 5.75. The smallest absolute Gasteiger partial charge is 0.203 e. The van der Waals surface area contributed by atoms with Crippen molar-refractivity contribution in [3.63, 3.8) is 0 Å². The Bertz CT molecular complexity index is 791. The zero-order chi connectivity index (χ0) is 14.7. The molecule has 0 aliphatic heterocycles. The molecule has 0 radical (unpaired) electrons. The molecule has 0 aliphatic rings. The second-order valence-corrected chi connectivity index (χ2v) is 4.67. The molecule has 0 bridgehead atoms. The van der Waals surface area contributed by atoms with Crippen LogP contribution in [0.2, 0.25) is 0 Å². The Morgan fingerprint density at radius 3 is 2.48 bits per heavy atom. The number of rotatable bonds is 4. The highest BCUT2D eigenvalue weighted by Crippen LogP contribution is 2.25. The number of Topliss-reactive ketones (excluding diaryl/α,β-unsaturated/α-hetero) is 1. The Kier molecular flexibility index (Phi) is 3.65. The zero-order valence-electron chi connectivity index (χ0n) is 11.3. The van der Waals surface area contributed by atoms with E-state index in [0.29, 0.717) is 5.75 Å². The van der Waals surface area contributed by atoms with Gasteiger partial charge in [-0.05, 0) is 23.6 Å². The molecule has 0 atom stereocenters. The van der Waals surface area contributed by atoms with Crippen molar-refractivity contribution in [3.8, 4) is 5.75 Å². The van der Waals surface area contributed by atoms with Crippen molar-refractivity contribution < 1.29 is 13.9 Å². The van der Waals surface area contributed by atoms with Crippen molar-refractivity contribution >= 4 is 16.6 Å². The van der Waals surface area contributed by atoms with Crippen molar-refractivity contribution in [2.75, 3.05) is 6.61 Å². The van der Waals surface area contributed by atoms with Gasteiger partial charge in [0.05, 0.1) is 5.56 Å². The van der Waals surface area contributed by atoms with Crippen molar-refractivity contribution in [2.45, 2.75) is 0 Å². The Morgan fingerprint density at radius 2 is 1.62 bits per heavy atom. The van der Waals surface area contributed by atoms with Crippen LogP contribution in [0.15, 0.2) is 66.7 Å². The van der Waals surface area contributed by atoms with Crippen LogP contribution in [-0.4, -0.2) is 12.4 Å². The number of ether oxygens (including phenoxy) is 1. The number of halogens is 1. The van der Waals surface area contributed by atoms with Gasteiger partial charge in [0, 0.05) is 5.39 Å². The van der Waals surface area contributed by atoms with E-state index < -0.39 is 5.82 Å². The molecule has 3 aromatic rings. The maximum atomic E-state index is 13.5. The van der Waals surface area contributed by atoms with Gasteiger partial charge in [-0.1, -0.05) is 48.5 Å². The third-order valence-electron chi connectivity index (χ3n) is 3.28. The molecule has 3 heteroatoms. The highest BCUT2D eigenvalue weighted by atomic mass is 19.1. The topological polar surface area (TPSA) is 26.3 Å². The zero-order valence-corrected chi connectivity index (χ0v) is 11.3. The lowest BCUT2D eigenvalue weighted by atomic mass is 10.1. The van der Waals surface area contributed by atoms with Crippen LogP contribution in [0.1, 0.15) is 10.4 Å². The maximum Gasteiger partial charge on any atom is 0.203 e. The Balaban J connectivity index is 1.81. The van der Waals surface area contributed by atoms with Gasteiger partial charge in [-0.25, -0.2) is 4.39 Å². The largest absolute Gasteiger partial charge is 0.485 e. The molecule has 0 heterocycles. The monoisotopic (exact) mass is 280 g/mol. The van der Waals surface area contributed by atoms with Gasteiger partial charge >= 0.3 is 0 Å². The van der Waals surface area contributed by atoms with Crippen LogP contribution >= 0.6 is 0 Å². The standard InChI is InChI=1S/C18H13FO2/c19-16-10-4-3-9-15(16)17(20)12-21-18-11-5-7-13-6-1-2-8-14(13)18/h1-11H,12H2. The summed E-state index contributed by atoms with van der Waals surface area (Å²) in [6, 6.07) is 19.3. The lowest BCUT2D eigenvalue weighted by Gasteiger charge is -2.09. The minimum Gasteiger partial charge on any atom is -0.485 e. The highest BCUT2D eigenvalue weighted by Gasteiger charge is 2.12. The van der Waals surface area contributed by atoms with E-state index in [1.165, 1.54) is 12.1 Å². The Labute approximate surface area is 121 Å². The summed E-state index contributed by atoms with van der Waals surface area (Å²) in [6.45, 7) is -0.186. The molecule has 3 aromatic carbocycles. The fourth-order valence-corrected chi connectivity index (χ4v) is 2.23. The van der Waals surface area contributed by atoms with E-state index in [4.69, 9.17) is 4.74 Å². The predicted molar refractivity (Wildman–Crippen MR) is 80.2 cm³/mol. The van der Waals surface area contributed by atoms with E-state index in [1.807, 2.05) is 36.4 Å². The van der Waals surface area contributed by atoms with Crippen molar-refractivity contribution in [2.24, 2.45) is 0 Å². The van der Waals surface area contributed by atoms with Gasteiger partial charge in [0.25, 0.3) is 0 Å². The highest BCUT2D eigenvalue weighted by molar-refractivity contribution is 5.97. The second-order valence-electron chi connectivity index (χ2n) is 4.67. The van der Waals surface area contributed by atoms with E-state index in [-0.39, 0.29) is 18.0 Å². The van der Waals surface area contributed by atoms with E-state index in [1.54, 1.807) is 18.2 Å². The molecule has 104 valence electrons. The quantitative estimate of drug-likeness (QED) is 0.668. The molecule has 3 rings (SSSR count). The van der Waals surface area contributed by atoms with Gasteiger partial charge < -0.3 is 4.74 Å². The molecule has 21 heavy (non-hydrogen) atoms. The molecule has 0 fully saturated rings. The van der Waals surface area contributed by atoms with Gasteiger partial charge in [0.2, 0.25) is 5.78 Å². The molecule has 0 spiro atoms. The molecule has 0 saturated carbocycles. The summed E-state index contributed by atoms with van der Waals surface area (Å²) in [5.74, 6) is -0.275. The lowest BCUT2D eigenvalue weighted by Crippen LogP contribution is -2.13. The number of carbonyl (C=O) groups is 1. The first-order valence-corrected chi connectivity index (χ1v) is 6.64. The van der Waals surface area contributed by atoms with Crippen molar-refractivity contribution in [1.29, 1.82) is 0 Å². The SMILES string of the molecule is O=C(COc1cccc2ccccc12)c1ccccc1F. The van der Waals surface area contributed by atoms with Crippen LogP contribution in [0, 0.1) is 5.82 Å². The summed E-state index contributed by atoms with van der Waals surface area (Å²) in [7, 11) is 0. The van der Waals surface area contributed by atoms with Crippen LogP contribution < -0.4 is 4.74 Å². The predicted octanol–water partition coefficient (Wildman–Crippen LogP) is 4.24. The first-order valence-electron chi connectivity index (χ1n) is 6.64. The van der Waals surface area contributed by atoms with Gasteiger partial charge in [-0.15, -0.1) is 0 Å². The molecule has 2 nitrogen and oxygen atoms in total. The van der Waals surface area contributed by atoms with Crippen LogP contribution in [0.5, 0.6) is 5.75 Å². The Morgan fingerprint density at radius 1 is 0.905 bits per heavy atom. The third-order valence-corrected chi connectivity index (χ3v) is 3.28. The summed E-state index contributed by atoms with van der Waals surface area (Å²) >= 11 is 0. The van der Waals surface area contributed by atoms with Gasteiger partial charge in [-0.3, -0.25) is 4.79 Å². The molecule has 0 aromatic heterocycles. The molecule has 0 unspecified atom stereocenters. The van der Waals surface area contributed by atoms with Crippen LogP contribution in [0.4, 0.5) is 4.39 Å². The number of fused-ring (bicyclic) bond motifs is 1.